The van der Waals surface area contributed by atoms with Crippen molar-refractivity contribution in [2.45, 2.75) is 13.2 Å². The number of carbonyl (C=O) groups excluding carboxylic acids is 1. The number of nitriles is 1. The van der Waals surface area contributed by atoms with Gasteiger partial charge in [0, 0.05) is 18.2 Å². The van der Waals surface area contributed by atoms with Crippen LogP contribution in [0.5, 0.6) is 17.2 Å². The van der Waals surface area contributed by atoms with Crippen molar-refractivity contribution in [3.05, 3.63) is 106 Å². The molecule has 1 N–H and O–H groups in total. The van der Waals surface area contributed by atoms with E-state index in [9.17, 15) is 10.1 Å². The summed E-state index contributed by atoms with van der Waals surface area (Å²) in [4.78, 5) is 12.7. The molecule has 37 heavy (non-hydrogen) atoms. The average molecular weight is 513 g/mol. The Hall–Kier alpha value is -4.47. The number of hydrogen-bond acceptors (Lipinski definition) is 5. The minimum Gasteiger partial charge on any atom is -0.497 e. The predicted octanol–water partition coefficient (Wildman–Crippen LogP) is 6.31. The Kier molecular flexibility index (Phi) is 8.29. The molecule has 0 aliphatic rings. The van der Waals surface area contributed by atoms with Crippen LogP contribution in [0.3, 0.4) is 0 Å². The van der Waals surface area contributed by atoms with E-state index in [0.717, 1.165) is 21.9 Å². The Bertz CT molecular complexity index is 1500. The fraction of sp³-hybridized carbons (Fsp3) is 0.133. The summed E-state index contributed by atoms with van der Waals surface area (Å²) in [6.45, 7) is 0.545. The van der Waals surface area contributed by atoms with Crippen LogP contribution in [0, 0.1) is 11.3 Å². The van der Waals surface area contributed by atoms with Crippen molar-refractivity contribution in [1.29, 1.82) is 5.26 Å². The Balaban J connectivity index is 1.43. The summed E-state index contributed by atoms with van der Waals surface area (Å²) in [6, 6.07) is 26.6. The van der Waals surface area contributed by atoms with Crippen LogP contribution in [0.4, 0.5) is 0 Å². The van der Waals surface area contributed by atoms with Crippen LogP contribution in [0.25, 0.3) is 16.8 Å². The molecule has 4 rings (SSSR count). The second-order valence-electron chi connectivity index (χ2n) is 8.15. The van der Waals surface area contributed by atoms with Crippen molar-refractivity contribution in [3.63, 3.8) is 0 Å². The highest BCUT2D eigenvalue weighted by Gasteiger charge is 2.12. The van der Waals surface area contributed by atoms with Crippen molar-refractivity contribution in [1.82, 2.24) is 5.32 Å². The summed E-state index contributed by atoms with van der Waals surface area (Å²) in [6.07, 6.45) is 1.49. The van der Waals surface area contributed by atoms with E-state index >= 15 is 0 Å². The lowest BCUT2D eigenvalue weighted by atomic mass is 10.1. The summed E-state index contributed by atoms with van der Waals surface area (Å²) >= 11 is 6.46. The Morgan fingerprint density at radius 3 is 2.51 bits per heavy atom. The van der Waals surface area contributed by atoms with Crippen LogP contribution in [0.2, 0.25) is 5.02 Å². The number of nitrogens with one attached hydrogen (secondary N) is 1. The molecular formula is C30H25ClN2O4. The van der Waals surface area contributed by atoms with Gasteiger partial charge in [0.1, 0.15) is 35.5 Å². The first kappa shape index (κ1) is 25.6. The van der Waals surface area contributed by atoms with E-state index in [0.29, 0.717) is 34.4 Å². The molecule has 7 heteroatoms. The zero-order chi connectivity index (χ0) is 26.2. The summed E-state index contributed by atoms with van der Waals surface area (Å²) in [5.74, 6) is 1.23. The number of methoxy groups -OCH3 is 2. The van der Waals surface area contributed by atoms with Gasteiger partial charge >= 0.3 is 0 Å². The number of fused-ring (bicyclic) bond motifs is 1. The molecule has 0 aliphatic heterocycles. The molecule has 1 amide bonds. The van der Waals surface area contributed by atoms with Crippen LogP contribution in [-0.4, -0.2) is 20.1 Å². The first-order valence-electron chi connectivity index (χ1n) is 11.5. The van der Waals surface area contributed by atoms with Crippen molar-refractivity contribution >= 4 is 34.4 Å². The number of rotatable bonds is 9. The SMILES string of the molecule is COc1ccc(CNC(=O)/C(C#N)=C/c2ccc(OCc3cccc4ccccc34)c(Cl)c2)c(OC)c1. The van der Waals surface area contributed by atoms with Gasteiger partial charge in [-0.1, -0.05) is 60.1 Å². The molecule has 0 atom stereocenters. The van der Waals surface area contributed by atoms with Crippen molar-refractivity contribution < 1.29 is 19.0 Å². The van der Waals surface area contributed by atoms with Crippen LogP contribution >= 0.6 is 11.6 Å². The largest absolute Gasteiger partial charge is 0.497 e. The average Bonchev–Trinajstić information content (AvgIpc) is 2.94. The van der Waals surface area contributed by atoms with Crippen molar-refractivity contribution in [2.24, 2.45) is 0 Å². The zero-order valence-electron chi connectivity index (χ0n) is 20.5. The molecule has 0 fully saturated rings. The molecule has 4 aromatic carbocycles. The monoisotopic (exact) mass is 512 g/mol. The second kappa shape index (κ2) is 12.0. The number of amides is 1. The normalized spacial score (nSPS) is 11.0. The third kappa shape index (κ3) is 6.21. The molecule has 0 saturated heterocycles. The van der Waals surface area contributed by atoms with Gasteiger partial charge in [0.2, 0.25) is 0 Å². The summed E-state index contributed by atoms with van der Waals surface area (Å²) in [5.41, 5.74) is 2.36. The van der Waals surface area contributed by atoms with Crippen LogP contribution < -0.4 is 19.5 Å². The lowest BCUT2D eigenvalue weighted by Gasteiger charge is -2.12. The summed E-state index contributed by atoms with van der Waals surface area (Å²) < 4.78 is 16.5. The van der Waals surface area contributed by atoms with E-state index in [2.05, 4.69) is 23.5 Å². The van der Waals surface area contributed by atoms with Gasteiger partial charge in [-0.3, -0.25) is 4.79 Å². The number of carbonyl (C=O) groups is 1. The van der Waals surface area contributed by atoms with Gasteiger partial charge in [0.25, 0.3) is 5.91 Å². The lowest BCUT2D eigenvalue weighted by molar-refractivity contribution is -0.117. The van der Waals surface area contributed by atoms with Gasteiger partial charge < -0.3 is 19.5 Å². The summed E-state index contributed by atoms with van der Waals surface area (Å²) in [5, 5.41) is 15.0. The fourth-order valence-electron chi connectivity index (χ4n) is 3.88. The maximum atomic E-state index is 12.7. The zero-order valence-corrected chi connectivity index (χ0v) is 21.2. The molecule has 0 aromatic heterocycles. The van der Waals surface area contributed by atoms with E-state index in [1.807, 2.05) is 30.3 Å². The minimum absolute atomic E-state index is 0.0482. The van der Waals surface area contributed by atoms with E-state index < -0.39 is 5.91 Å². The van der Waals surface area contributed by atoms with E-state index in [4.69, 9.17) is 25.8 Å². The smallest absolute Gasteiger partial charge is 0.262 e. The first-order chi connectivity index (χ1) is 18.0. The topological polar surface area (TPSA) is 80.6 Å². The lowest BCUT2D eigenvalue weighted by Crippen LogP contribution is -2.24. The molecule has 0 saturated carbocycles. The van der Waals surface area contributed by atoms with Crippen LogP contribution in [0.1, 0.15) is 16.7 Å². The molecule has 0 aliphatic carbocycles. The van der Waals surface area contributed by atoms with Gasteiger partial charge in [-0.2, -0.15) is 5.26 Å². The standard InChI is InChI=1S/C30H25ClN2O4/c1-35-25-12-11-22(29(16-25)36-2)18-33-30(34)24(17-32)14-20-10-13-28(27(31)15-20)37-19-23-8-5-7-21-6-3-4-9-26(21)23/h3-16H,18-19H2,1-2H3,(H,33,34)/b24-14+. The number of benzene rings is 4. The van der Waals surface area contributed by atoms with Gasteiger partial charge in [-0.15, -0.1) is 0 Å². The molecule has 0 unspecified atom stereocenters. The maximum Gasteiger partial charge on any atom is 0.262 e. The van der Waals surface area contributed by atoms with Crippen molar-refractivity contribution in [2.75, 3.05) is 14.2 Å². The van der Waals surface area contributed by atoms with E-state index in [-0.39, 0.29) is 12.1 Å². The molecule has 6 nitrogen and oxygen atoms in total. The first-order valence-corrected chi connectivity index (χ1v) is 11.9. The number of hydrogen-bond donors (Lipinski definition) is 1. The predicted molar refractivity (Wildman–Crippen MR) is 145 cm³/mol. The highest BCUT2D eigenvalue weighted by atomic mass is 35.5. The van der Waals surface area contributed by atoms with Crippen LogP contribution in [0.15, 0.2) is 84.4 Å². The molecule has 0 heterocycles. The maximum absolute atomic E-state index is 12.7. The summed E-state index contributed by atoms with van der Waals surface area (Å²) in [7, 11) is 3.11. The molecule has 0 spiro atoms. The van der Waals surface area contributed by atoms with Gasteiger partial charge in [0.15, 0.2) is 0 Å². The Labute approximate surface area is 220 Å². The van der Waals surface area contributed by atoms with Crippen LogP contribution in [-0.2, 0) is 17.9 Å². The van der Waals surface area contributed by atoms with Crippen molar-refractivity contribution in [3.8, 4) is 23.3 Å². The van der Waals surface area contributed by atoms with Gasteiger partial charge in [-0.25, -0.2) is 0 Å². The second-order valence-corrected chi connectivity index (χ2v) is 8.55. The van der Waals surface area contributed by atoms with E-state index in [1.54, 1.807) is 50.6 Å². The quantitative estimate of drug-likeness (QED) is 0.210. The molecule has 0 bridgehead atoms. The number of nitrogens with zero attached hydrogens (tertiary/aromatic N) is 1. The van der Waals surface area contributed by atoms with Gasteiger partial charge in [-0.05, 0) is 52.2 Å². The Morgan fingerprint density at radius 1 is 0.946 bits per heavy atom. The molecule has 0 radical (unpaired) electrons. The molecule has 4 aromatic rings. The third-order valence-corrected chi connectivity index (χ3v) is 6.12. The highest BCUT2D eigenvalue weighted by molar-refractivity contribution is 6.32. The molecule has 186 valence electrons. The molecular weight excluding hydrogens is 488 g/mol. The van der Waals surface area contributed by atoms with Gasteiger partial charge in [0.05, 0.1) is 19.2 Å². The Morgan fingerprint density at radius 2 is 1.76 bits per heavy atom. The van der Waals surface area contributed by atoms with E-state index in [1.165, 1.54) is 6.08 Å². The highest BCUT2D eigenvalue weighted by Crippen LogP contribution is 2.29. The fourth-order valence-corrected chi connectivity index (χ4v) is 4.13. The number of halogens is 1. The number of ether oxygens (including phenoxy) is 3. The minimum atomic E-state index is -0.507. The third-order valence-electron chi connectivity index (χ3n) is 5.83.